The Kier molecular flexibility index (Phi) is 4.02. The first-order valence-electron chi connectivity index (χ1n) is 7.97. The zero-order valence-corrected chi connectivity index (χ0v) is 13.8. The third-order valence-corrected chi connectivity index (χ3v) is 4.91. The van der Waals surface area contributed by atoms with Gasteiger partial charge in [-0.25, -0.2) is 4.39 Å². The fourth-order valence-electron chi connectivity index (χ4n) is 3.52. The molecule has 1 atom stereocenters. The number of carbonyl (C=O) groups is 1. The number of H-pyrrole nitrogens is 1. The maximum atomic E-state index is 14.9. The molecule has 0 saturated carbocycles. The molecule has 1 aliphatic rings. The molecular formula is C17H23FN4O. The van der Waals surface area contributed by atoms with Crippen LogP contribution in [0.4, 0.5) is 10.1 Å². The maximum absolute atomic E-state index is 14.9. The summed E-state index contributed by atoms with van der Waals surface area (Å²) < 4.78 is 14.9. The molecule has 0 bridgehead atoms. The van der Waals surface area contributed by atoms with Crippen molar-refractivity contribution in [3.05, 3.63) is 28.7 Å². The minimum Gasteiger partial charge on any atom is -0.367 e. The number of anilines is 1. The summed E-state index contributed by atoms with van der Waals surface area (Å²) >= 11 is 0. The van der Waals surface area contributed by atoms with E-state index >= 15 is 0 Å². The van der Waals surface area contributed by atoms with Crippen molar-refractivity contribution in [1.29, 1.82) is 0 Å². The van der Waals surface area contributed by atoms with E-state index in [1.165, 1.54) is 6.07 Å². The normalized spacial score (nSPS) is 18.6. The highest BCUT2D eigenvalue weighted by Gasteiger charge is 2.26. The molecule has 1 aromatic heterocycles. The van der Waals surface area contributed by atoms with Gasteiger partial charge in [0.2, 0.25) is 0 Å². The first kappa shape index (κ1) is 15.8. The van der Waals surface area contributed by atoms with Crippen LogP contribution in [0.5, 0.6) is 0 Å². The zero-order valence-electron chi connectivity index (χ0n) is 13.8. The summed E-state index contributed by atoms with van der Waals surface area (Å²) in [4.78, 5) is 17.0. The summed E-state index contributed by atoms with van der Waals surface area (Å²) in [5, 5.41) is 4.05. The number of nitrogens with zero attached hydrogens (tertiary/aromatic N) is 1. The first-order valence-corrected chi connectivity index (χ1v) is 7.97. The van der Waals surface area contributed by atoms with Crippen LogP contribution >= 0.6 is 0 Å². The van der Waals surface area contributed by atoms with E-state index in [1.54, 1.807) is 0 Å². The van der Waals surface area contributed by atoms with Gasteiger partial charge in [-0.2, -0.15) is 0 Å². The summed E-state index contributed by atoms with van der Waals surface area (Å²) in [7, 11) is 1.93. The van der Waals surface area contributed by atoms with E-state index in [0.29, 0.717) is 17.2 Å². The highest BCUT2D eigenvalue weighted by molar-refractivity contribution is 6.10. The standard InChI is InChI=1S/C17H23FN4O/c1-9-10(2)21-15-12(17(19)23)7-13(18)16(14(9)15)22-6-4-5-11(8-22)20-3/h7,11,20-21H,4-6,8H2,1-3H3,(H2,19,23)/t11-/m0/s1. The molecule has 2 aromatic rings. The fraction of sp³-hybridized carbons (Fsp3) is 0.471. The largest absolute Gasteiger partial charge is 0.367 e. The second kappa shape index (κ2) is 5.85. The van der Waals surface area contributed by atoms with E-state index in [9.17, 15) is 9.18 Å². The van der Waals surface area contributed by atoms with Gasteiger partial charge >= 0.3 is 0 Å². The Morgan fingerprint density at radius 1 is 1.48 bits per heavy atom. The number of rotatable bonds is 3. The van der Waals surface area contributed by atoms with E-state index < -0.39 is 5.91 Å². The van der Waals surface area contributed by atoms with E-state index in [0.717, 1.165) is 42.6 Å². The van der Waals surface area contributed by atoms with Crippen LogP contribution < -0.4 is 16.0 Å². The average Bonchev–Trinajstić information content (AvgIpc) is 2.82. The molecule has 0 aliphatic carbocycles. The number of likely N-dealkylation sites (N-methyl/N-ethyl adjacent to an activating group) is 1. The van der Waals surface area contributed by atoms with E-state index in [1.807, 2.05) is 20.9 Å². The monoisotopic (exact) mass is 318 g/mol. The van der Waals surface area contributed by atoms with Crippen LogP contribution in [0.15, 0.2) is 6.07 Å². The van der Waals surface area contributed by atoms with Gasteiger partial charge in [-0.3, -0.25) is 4.79 Å². The number of hydrogen-bond acceptors (Lipinski definition) is 3. The molecule has 0 unspecified atom stereocenters. The predicted molar refractivity (Wildman–Crippen MR) is 90.5 cm³/mol. The molecule has 1 amide bonds. The summed E-state index contributed by atoms with van der Waals surface area (Å²) in [6.45, 7) is 5.43. The Balaban J connectivity index is 2.22. The molecule has 4 N–H and O–H groups in total. The van der Waals surface area contributed by atoms with Crippen LogP contribution in [-0.4, -0.2) is 37.1 Å². The van der Waals surface area contributed by atoms with Crippen molar-refractivity contribution in [3.8, 4) is 0 Å². The van der Waals surface area contributed by atoms with Crippen molar-refractivity contribution in [3.63, 3.8) is 0 Å². The molecule has 124 valence electrons. The summed E-state index contributed by atoms with van der Waals surface area (Å²) in [6, 6.07) is 1.60. The van der Waals surface area contributed by atoms with E-state index in [2.05, 4.69) is 15.2 Å². The van der Waals surface area contributed by atoms with Gasteiger partial charge in [-0.05, 0) is 45.4 Å². The second-order valence-electron chi connectivity index (χ2n) is 6.32. The lowest BCUT2D eigenvalue weighted by atomic mass is 10.0. The van der Waals surface area contributed by atoms with Gasteiger partial charge in [-0.15, -0.1) is 0 Å². The number of benzene rings is 1. The number of aromatic amines is 1. The summed E-state index contributed by atoms with van der Waals surface area (Å²) in [5.74, 6) is -1.00. The van der Waals surface area contributed by atoms with Crippen molar-refractivity contribution in [1.82, 2.24) is 10.3 Å². The number of fused-ring (bicyclic) bond motifs is 1. The zero-order chi connectivity index (χ0) is 16.7. The SMILES string of the molecule is CN[C@H]1CCCN(c2c(F)cc(C(N)=O)c3[nH]c(C)c(C)c23)C1. The van der Waals surface area contributed by atoms with Crippen LogP contribution in [0, 0.1) is 19.7 Å². The van der Waals surface area contributed by atoms with Crippen molar-refractivity contribution < 1.29 is 9.18 Å². The quantitative estimate of drug-likeness (QED) is 0.812. The average molecular weight is 318 g/mol. The molecule has 1 saturated heterocycles. The third-order valence-electron chi connectivity index (χ3n) is 4.91. The van der Waals surface area contributed by atoms with Gasteiger partial charge in [-0.1, -0.05) is 0 Å². The smallest absolute Gasteiger partial charge is 0.250 e. The number of amides is 1. The minimum atomic E-state index is -0.617. The van der Waals surface area contributed by atoms with Gasteiger partial charge in [0.1, 0.15) is 5.82 Å². The lowest BCUT2D eigenvalue weighted by Crippen LogP contribution is -2.44. The van der Waals surface area contributed by atoms with E-state index in [4.69, 9.17) is 5.73 Å². The molecule has 5 nitrogen and oxygen atoms in total. The number of carbonyl (C=O) groups excluding carboxylic acids is 1. The molecule has 1 aromatic carbocycles. The maximum Gasteiger partial charge on any atom is 0.250 e. The Bertz CT molecular complexity index is 768. The van der Waals surface area contributed by atoms with Crippen molar-refractivity contribution in [2.24, 2.45) is 5.73 Å². The molecule has 1 fully saturated rings. The lowest BCUT2D eigenvalue weighted by Gasteiger charge is -2.35. The molecule has 0 spiro atoms. The summed E-state index contributed by atoms with van der Waals surface area (Å²) in [6.07, 6.45) is 2.09. The number of aromatic nitrogens is 1. The van der Waals surface area contributed by atoms with Crippen molar-refractivity contribution >= 4 is 22.5 Å². The minimum absolute atomic E-state index is 0.208. The van der Waals surface area contributed by atoms with Gasteiger partial charge in [0.25, 0.3) is 5.91 Å². The molecule has 0 radical (unpaired) electrons. The van der Waals surface area contributed by atoms with Crippen LogP contribution in [0.2, 0.25) is 0 Å². The van der Waals surface area contributed by atoms with Crippen LogP contribution in [-0.2, 0) is 0 Å². The Morgan fingerprint density at radius 3 is 2.87 bits per heavy atom. The number of hydrogen-bond donors (Lipinski definition) is 3. The number of primary amides is 1. The highest BCUT2D eigenvalue weighted by Crippen LogP contribution is 2.37. The van der Waals surface area contributed by atoms with E-state index in [-0.39, 0.29) is 11.4 Å². The molecule has 6 heteroatoms. The van der Waals surface area contributed by atoms with Crippen molar-refractivity contribution in [2.45, 2.75) is 32.7 Å². The number of piperidine rings is 1. The Labute approximate surface area is 135 Å². The Morgan fingerprint density at radius 2 is 2.22 bits per heavy atom. The number of nitrogens with two attached hydrogens (primary N) is 1. The van der Waals surface area contributed by atoms with Crippen LogP contribution in [0.1, 0.15) is 34.5 Å². The van der Waals surface area contributed by atoms with Crippen LogP contribution in [0.25, 0.3) is 10.9 Å². The number of aryl methyl sites for hydroxylation is 2. The van der Waals surface area contributed by atoms with Crippen molar-refractivity contribution in [2.75, 3.05) is 25.0 Å². The van der Waals surface area contributed by atoms with Gasteiger partial charge in [0.05, 0.1) is 16.8 Å². The topological polar surface area (TPSA) is 74.2 Å². The van der Waals surface area contributed by atoms with Gasteiger partial charge < -0.3 is 20.9 Å². The fourth-order valence-corrected chi connectivity index (χ4v) is 3.52. The molecule has 1 aliphatic heterocycles. The van der Waals surface area contributed by atoms with Crippen LogP contribution in [0.3, 0.4) is 0 Å². The summed E-state index contributed by atoms with van der Waals surface area (Å²) in [5.41, 5.74) is 8.74. The Hall–Kier alpha value is -2.08. The molecule has 23 heavy (non-hydrogen) atoms. The predicted octanol–water partition coefficient (Wildman–Crippen LogP) is 2.21. The highest BCUT2D eigenvalue weighted by atomic mass is 19.1. The molecular weight excluding hydrogens is 295 g/mol. The number of halogens is 1. The second-order valence-corrected chi connectivity index (χ2v) is 6.32. The first-order chi connectivity index (χ1) is 10.9. The number of nitrogens with one attached hydrogen (secondary N) is 2. The van der Waals surface area contributed by atoms with Gasteiger partial charge in [0, 0.05) is 30.2 Å². The molecule has 3 rings (SSSR count). The lowest BCUT2D eigenvalue weighted by molar-refractivity contribution is 0.100. The third kappa shape index (κ3) is 2.57. The van der Waals surface area contributed by atoms with Gasteiger partial charge in [0.15, 0.2) is 0 Å². The molecule has 2 heterocycles.